The number of halogens is 3. The summed E-state index contributed by atoms with van der Waals surface area (Å²) in [5, 5.41) is 0. The molecule has 0 amide bonds. The van der Waals surface area contributed by atoms with Crippen molar-refractivity contribution in [3.05, 3.63) is 46.8 Å². The van der Waals surface area contributed by atoms with Gasteiger partial charge in [0.05, 0.1) is 19.8 Å². The zero-order chi connectivity index (χ0) is 22.0. The molecule has 1 fully saturated rings. The van der Waals surface area contributed by atoms with Gasteiger partial charge in [-0.3, -0.25) is 0 Å². The standard InChI is InChI=1S/C23H25F3O5/c1-3-5-13-10-29-18(30-11-13)12-28-16-7-6-14-8-15-9-17(27-4-2)19(24)21(26)23(15)31-22(14)20(16)25/h6-7,9,13,18H,3-5,8,10-12H2,1-2H3. The molecule has 0 saturated carbocycles. The van der Waals surface area contributed by atoms with Gasteiger partial charge in [0.2, 0.25) is 17.5 Å². The van der Waals surface area contributed by atoms with Crippen LogP contribution in [0, 0.1) is 23.4 Å². The fraction of sp³-hybridized carbons (Fsp3) is 0.478. The molecule has 0 atom stereocenters. The molecule has 8 heteroatoms. The van der Waals surface area contributed by atoms with Crippen molar-refractivity contribution in [1.29, 1.82) is 0 Å². The van der Waals surface area contributed by atoms with Crippen LogP contribution in [0.15, 0.2) is 18.2 Å². The van der Waals surface area contributed by atoms with Crippen molar-refractivity contribution < 1.29 is 36.9 Å². The summed E-state index contributed by atoms with van der Waals surface area (Å²) < 4.78 is 71.1. The average Bonchev–Trinajstić information content (AvgIpc) is 2.77. The van der Waals surface area contributed by atoms with Gasteiger partial charge in [0.25, 0.3) is 0 Å². The molecule has 0 spiro atoms. The molecular weight excluding hydrogens is 413 g/mol. The lowest BCUT2D eigenvalue weighted by Gasteiger charge is -2.29. The number of fused-ring (bicyclic) bond motifs is 2. The summed E-state index contributed by atoms with van der Waals surface area (Å²) in [6, 6.07) is 4.50. The molecule has 31 heavy (non-hydrogen) atoms. The van der Waals surface area contributed by atoms with Crippen molar-refractivity contribution >= 4 is 0 Å². The molecule has 4 rings (SSSR count). The van der Waals surface area contributed by atoms with Crippen LogP contribution in [0.25, 0.3) is 0 Å². The SMILES string of the molecule is CCCC1COC(COc2ccc3c(c2F)Oc2c(cc(OCC)c(F)c2F)C3)OC1. The minimum Gasteiger partial charge on any atom is -0.491 e. The largest absolute Gasteiger partial charge is 0.491 e. The molecule has 0 aromatic heterocycles. The summed E-state index contributed by atoms with van der Waals surface area (Å²) in [7, 11) is 0. The molecular formula is C23H25F3O5. The van der Waals surface area contributed by atoms with Gasteiger partial charge >= 0.3 is 0 Å². The minimum atomic E-state index is -1.21. The first kappa shape index (κ1) is 21.8. The van der Waals surface area contributed by atoms with Crippen LogP contribution in [0.3, 0.4) is 0 Å². The van der Waals surface area contributed by atoms with Gasteiger partial charge < -0.3 is 23.7 Å². The fourth-order valence-corrected chi connectivity index (χ4v) is 3.80. The Labute approximate surface area is 179 Å². The first-order chi connectivity index (χ1) is 15.0. The number of ether oxygens (including phenoxy) is 5. The van der Waals surface area contributed by atoms with Crippen LogP contribution < -0.4 is 14.2 Å². The van der Waals surface area contributed by atoms with Crippen molar-refractivity contribution in [2.45, 2.75) is 39.4 Å². The monoisotopic (exact) mass is 438 g/mol. The first-order valence-electron chi connectivity index (χ1n) is 10.5. The molecule has 0 N–H and O–H groups in total. The molecule has 168 valence electrons. The zero-order valence-corrected chi connectivity index (χ0v) is 17.5. The highest BCUT2D eigenvalue weighted by atomic mass is 19.2. The van der Waals surface area contributed by atoms with Gasteiger partial charge in [-0.05, 0) is 25.5 Å². The molecule has 0 radical (unpaired) electrons. The first-order valence-corrected chi connectivity index (χ1v) is 10.5. The van der Waals surface area contributed by atoms with E-state index in [1.54, 1.807) is 13.0 Å². The third kappa shape index (κ3) is 4.45. The molecule has 1 saturated heterocycles. The van der Waals surface area contributed by atoms with E-state index < -0.39 is 23.7 Å². The second-order valence-corrected chi connectivity index (χ2v) is 7.63. The Balaban J connectivity index is 1.47. The van der Waals surface area contributed by atoms with Gasteiger partial charge in [-0.25, -0.2) is 0 Å². The normalized spacial score (nSPS) is 19.9. The topological polar surface area (TPSA) is 46.2 Å². The van der Waals surface area contributed by atoms with Crippen LogP contribution in [0.1, 0.15) is 37.8 Å². The molecule has 0 bridgehead atoms. The van der Waals surface area contributed by atoms with Crippen LogP contribution >= 0.6 is 0 Å². The predicted molar refractivity (Wildman–Crippen MR) is 106 cm³/mol. The van der Waals surface area contributed by atoms with E-state index in [1.165, 1.54) is 12.1 Å². The fourth-order valence-electron chi connectivity index (χ4n) is 3.80. The lowest BCUT2D eigenvalue weighted by Crippen LogP contribution is -2.35. The van der Waals surface area contributed by atoms with E-state index in [4.69, 9.17) is 23.7 Å². The summed E-state index contributed by atoms with van der Waals surface area (Å²) >= 11 is 0. The lowest BCUT2D eigenvalue weighted by molar-refractivity contribution is -0.212. The number of rotatable bonds is 7. The molecule has 2 heterocycles. The number of benzene rings is 2. The van der Waals surface area contributed by atoms with Crippen LogP contribution in [-0.2, 0) is 15.9 Å². The van der Waals surface area contributed by atoms with Crippen LogP contribution in [-0.4, -0.2) is 32.7 Å². The molecule has 2 aromatic rings. The van der Waals surface area contributed by atoms with Crippen LogP contribution in [0.2, 0.25) is 0 Å². The molecule has 0 aliphatic carbocycles. The molecule has 2 aliphatic heterocycles. The Kier molecular flexibility index (Phi) is 6.57. The summed E-state index contributed by atoms with van der Waals surface area (Å²) in [6.45, 7) is 5.12. The summed E-state index contributed by atoms with van der Waals surface area (Å²) in [5.74, 6) is -3.58. The van der Waals surface area contributed by atoms with Gasteiger partial charge in [0.15, 0.2) is 29.3 Å². The highest BCUT2D eigenvalue weighted by Crippen LogP contribution is 2.44. The molecule has 2 aliphatic rings. The summed E-state index contributed by atoms with van der Waals surface area (Å²) in [6.07, 6.45) is 1.66. The van der Waals surface area contributed by atoms with Gasteiger partial charge in [0, 0.05) is 23.5 Å². The third-order valence-electron chi connectivity index (χ3n) is 5.34. The highest BCUT2D eigenvalue weighted by Gasteiger charge is 2.30. The maximum absolute atomic E-state index is 15.0. The van der Waals surface area contributed by atoms with E-state index in [-0.39, 0.29) is 42.6 Å². The van der Waals surface area contributed by atoms with Crippen molar-refractivity contribution in [2.24, 2.45) is 5.92 Å². The van der Waals surface area contributed by atoms with Crippen molar-refractivity contribution in [3.63, 3.8) is 0 Å². The van der Waals surface area contributed by atoms with Crippen molar-refractivity contribution in [3.8, 4) is 23.0 Å². The number of hydrogen-bond acceptors (Lipinski definition) is 5. The van der Waals surface area contributed by atoms with Gasteiger partial charge in [-0.15, -0.1) is 0 Å². The smallest absolute Gasteiger partial charge is 0.207 e. The van der Waals surface area contributed by atoms with Crippen LogP contribution in [0.5, 0.6) is 23.0 Å². The van der Waals surface area contributed by atoms with Crippen molar-refractivity contribution in [1.82, 2.24) is 0 Å². The lowest BCUT2D eigenvalue weighted by atomic mass is 9.99. The second kappa shape index (κ2) is 9.36. The molecule has 5 nitrogen and oxygen atoms in total. The number of hydrogen-bond donors (Lipinski definition) is 0. The Hall–Kier alpha value is -2.45. The van der Waals surface area contributed by atoms with Crippen LogP contribution in [0.4, 0.5) is 13.2 Å². The zero-order valence-electron chi connectivity index (χ0n) is 17.5. The van der Waals surface area contributed by atoms with E-state index in [0.29, 0.717) is 30.3 Å². The van der Waals surface area contributed by atoms with E-state index >= 15 is 4.39 Å². The van der Waals surface area contributed by atoms with E-state index in [0.717, 1.165) is 12.8 Å². The minimum absolute atomic E-state index is 0.00580. The van der Waals surface area contributed by atoms with E-state index in [1.807, 2.05) is 0 Å². The Morgan fingerprint density at radius 2 is 1.65 bits per heavy atom. The summed E-state index contributed by atoms with van der Waals surface area (Å²) in [4.78, 5) is 0. The highest BCUT2D eigenvalue weighted by molar-refractivity contribution is 5.55. The Morgan fingerprint density at radius 3 is 2.35 bits per heavy atom. The average molecular weight is 438 g/mol. The summed E-state index contributed by atoms with van der Waals surface area (Å²) in [5.41, 5.74) is 0.881. The quantitative estimate of drug-likeness (QED) is 0.497. The predicted octanol–water partition coefficient (Wildman–Crippen LogP) is 5.37. The van der Waals surface area contributed by atoms with Gasteiger partial charge in [-0.1, -0.05) is 19.4 Å². The van der Waals surface area contributed by atoms with Gasteiger partial charge in [-0.2, -0.15) is 13.2 Å². The van der Waals surface area contributed by atoms with Crippen molar-refractivity contribution in [2.75, 3.05) is 26.4 Å². The maximum Gasteiger partial charge on any atom is 0.207 e. The Morgan fingerprint density at radius 1 is 0.903 bits per heavy atom. The molecule has 2 aromatic carbocycles. The second-order valence-electron chi connectivity index (χ2n) is 7.63. The molecule has 0 unspecified atom stereocenters. The van der Waals surface area contributed by atoms with E-state index in [2.05, 4.69) is 6.92 Å². The third-order valence-corrected chi connectivity index (χ3v) is 5.34. The van der Waals surface area contributed by atoms with Gasteiger partial charge in [0.1, 0.15) is 6.61 Å². The Bertz CT molecular complexity index is 942. The van der Waals surface area contributed by atoms with E-state index in [9.17, 15) is 8.78 Å². The maximum atomic E-state index is 15.0.